The second-order valence-electron chi connectivity index (χ2n) is 9.83. The molecule has 0 atom stereocenters. The average molecular weight is 567 g/mol. The number of hydrogen-bond acceptors (Lipinski definition) is 4. The molecular formula is C35H26N4S2. The van der Waals surface area contributed by atoms with Crippen LogP contribution < -0.4 is 0 Å². The summed E-state index contributed by atoms with van der Waals surface area (Å²) in [7, 11) is 0. The van der Waals surface area contributed by atoms with Crippen LogP contribution in [0.3, 0.4) is 0 Å². The van der Waals surface area contributed by atoms with Gasteiger partial charge in [0.2, 0.25) is 0 Å². The molecule has 0 amide bonds. The molecule has 0 unspecified atom stereocenters. The maximum absolute atomic E-state index is 5.06. The van der Waals surface area contributed by atoms with Gasteiger partial charge < -0.3 is 0 Å². The summed E-state index contributed by atoms with van der Waals surface area (Å²) in [5.74, 6) is 0. The first-order chi connectivity index (χ1) is 20.2. The second-order valence-corrected chi connectivity index (χ2v) is 11.4. The lowest BCUT2D eigenvalue weighted by atomic mass is 9.77. The van der Waals surface area contributed by atoms with Gasteiger partial charge in [-0.3, -0.25) is 8.65 Å². The van der Waals surface area contributed by atoms with Crippen molar-refractivity contribution in [1.29, 1.82) is 0 Å². The van der Waals surface area contributed by atoms with Crippen molar-refractivity contribution in [3.8, 4) is 11.1 Å². The van der Waals surface area contributed by atoms with Crippen molar-refractivity contribution in [3.63, 3.8) is 0 Å². The number of benzene rings is 4. The van der Waals surface area contributed by atoms with E-state index >= 15 is 0 Å². The van der Waals surface area contributed by atoms with E-state index in [1.54, 1.807) is 15.7 Å². The Morgan fingerprint density at radius 1 is 0.610 bits per heavy atom. The van der Waals surface area contributed by atoms with Crippen molar-refractivity contribution in [1.82, 2.24) is 18.7 Å². The molecule has 198 valence electrons. The van der Waals surface area contributed by atoms with Crippen molar-refractivity contribution in [2.75, 3.05) is 0 Å². The van der Waals surface area contributed by atoms with Gasteiger partial charge in [0, 0.05) is 44.9 Å². The number of rotatable bonds is 7. The van der Waals surface area contributed by atoms with E-state index in [1.165, 1.54) is 4.90 Å². The van der Waals surface area contributed by atoms with Gasteiger partial charge in [0.05, 0.1) is 6.20 Å². The maximum Gasteiger partial charge on any atom is 0.150 e. The lowest BCUT2D eigenvalue weighted by molar-refractivity contribution is 0.460. The molecule has 0 saturated heterocycles. The van der Waals surface area contributed by atoms with Gasteiger partial charge in [0.15, 0.2) is 0 Å². The van der Waals surface area contributed by atoms with Crippen LogP contribution in [-0.4, -0.2) is 18.7 Å². The van der Waals surface area contributed by atoms with Gasteiger partial charge >= 0.3 is 0 Å². The third-order valence-electron chi connectivity index (χ3n) is 7.39. The fourth-order valence-corrected chi connectivity index (χ4v) is 6.69. The van der Waals surface area contributed by atoms with Crippen LogP contribution >= 0.6 is 24.6 Å². The molecule has 4 aromatic carbocycles. The lowest BCUT2D eigenvalue weighted by Gasteiger charge is -2.36. The van der Waals surface area contributed by atoms with E-state index in [0.29, 0.717) is 0 Å². The molecule has 0 radical (unpaired) electrons. The zero-order valence-corrected chi connectivity index (χ0v) is 23.8. The summed E-state index contributed by atoms with van der Waals surface area (Å²) in [5, 5.41) is 6.09. The van der Waals surface area contributed by atoms with Gasteiger partial charge in [-0.15, -0.1) is 0 Å². The summed E-state index contributed by atoms with van der Waals surface area (Å²) in [6.45, 7) is 0. The summed E-state index contributed by atoms with van der Waals surface area (Å²) in [5.41, 5.74) is 5.57. The normalized spacial score (nSPS) is 11.6. The largest absolute Gasteiger partial charge is 0.277 e. The molecule has 0 spiro atoms. The molecule has 0 aliphatic carbocycles. The molecule has 0 fully saturated rings. The highest BCUT2D eigenvalue weighted by Crippen LogP contribution is 2.42. The third kappa shape index (κ3) is 4.55. The molecule has 4 nitrogen and oxygen atoms in total. The van der Waals surface area contributed by atoms with E-state index in [-0.39, 0.29) is 0 Å². The van der Waals surface area contributed by atoms with Gasteiger partial charge in [-0.25, -0.2) is 4.98 Å². The average Bonchev–Trinajstić information content (AvgIpc) is 3.65. The molecular weight excluding hydrogens is 541 g/mol. The fraction of sp³-hybridized carbons (Fsp3) is 0.0286. The summed E-state index contributed by atoms with van der Waals surface area (Å²) in [4.78, 5) is 7.01. The van der Waals surface area contributed by atoms with E-state index in [0.717, 1.165) is 43.7 Å². The van der Waals surface area contributed by atoms with Crippen molar-refractivity contribution in [3.05, 3.63) is 169 Å². The Labute approximate surface area is 248 Å². The van der Waals surface area contributed by atoms with Crippen molar-refractivity contribution < 1.29 is 0 Å². The van der Waals surface area contributed by atoms with Crippen molar-refractivity contribution in [2.45, 2.75) is 15.3 Å². The molecule has 3 aromatic heterocycles. The zero-order chi connectivity index (χ0) is 27.6. The highest BCUT2D eigenvalue weighted by atomic mass is 32.2. The van der Waals surface area contributed by atoms with E-state index in [2.05, 4.69) is 132 Å². The van der Waals surface area contributed by atoms with Gasteiger partial charge in [0.1, 0.15) is 11.2 Å². The van der Waals surface area contributed by atoms with Crippen molar-refractivity contribution in [2.24, 2.45) is 0 Å². The summed E-state index contributed by atoms with van der Waals surface area (Å²) in [6.07, 6.45) is 8.02. The molecule has 0 aliphatic heterocycles. The Kier molecular flexibility index (Phi) is 6.71. The minimum absolute atomic E-state index is 0.673. The number of aromatic nitrogens is 4. The second kappa shape index (κ2) is 10.8. The van der Waals surface area contributed by atoms with Crippen LogP contribution in [0.15, 0.2) is 162 Å². The Hall–Kier alpha value is -4.52. The van der Waals surface area contributed by atoms with Crippen LogP contribution in [0, 0.1) is 0 Å². The predicted octanol–water partition coefficient (Wildman–Crippen LogP) is 8.58. The zero-order valence-electron chi connectivity index (χ0n) is 22.1. The maximum atomic E-state index is 5.06. The Balaban J connectivity index is 1.41. The summed E-state index contributed by atoms with van der Waals surface area (Å²) >= 11 is 6.41. The molecule has 3 heterocycles. The highest BCUT2D eigenvalue weighted by molar-refractivity contribution is 7.99. The number of fused-ring (bicyclic) bond motifs is 1. The van der Waals surface area contributed by atoms with Gasteiger partial charge in [-0.05, 0) is 34.9 Å². The smallest absolute Gasteiger partial charge is 0.150 e. The molecule has 0 N–H and O–H groups in total. The fourth-order valence-electron chi connectivity index (χ4n) is 5.56. The predicted molar refractivity (Wildman–Crippen MR) is 171 cm³/mol. The molecule has 7 rings (SSSR count). The van der Waals surface area contributed by atoms with E-state index < -0.39 is 5.54 Å². The minimum Gasteiger partial charge on any atom is -0.277 e. The number of pyridine rings is 1. The minimum atomic E-state index is -0.673. The Bertz CT molecular complexity index is 1820. The number of nitrogens with zero attached hydrogens (tertiary/aromatic N) is 4. The molecule has 0 aliphatic rings. The Morgan fingerprint density at radius 3 is 1.71 bits per heavy atom. The van der Waals surface area contributed by atoms with Crippen LogP contribution in [0.2, 0.25) is 0 Å². The van der Waals surface area contributed by atoms with Gasteiger partial charge in [0.25, 0.3) is 0 Å². The Morgan fingerprint density at radius 2 is 1.15 bits per heavy atom. The first-order valence-electron chi connectivity index (χ1n) is 13.4. The van der Waals surface area contributed by atoms with Crippen LogP contribution in [0.1, 0.15) is 16.7 Å². The molecule has 7 aromatic rings. The van der Waals surface area contributed by atoms with Crippen LogP contribution in [0.25, 0.3) is 22.2 Å². The quantitative estimate of drug-likeness (QED) is 0.155. The van der Waals surface area contributed by atoms with E-state index in [4.69, 9.17) is 22.9 Å². The van der Waals surface area contributed by atoms with Gasteiger partial charge in [-0.2, -0.15) is 5.10 Å². The first kappa shape index (κ1) is 25.4. The van der Waals surface area contributed by atoms with Crippen LogP contribution in [0.4, 0.5) is 0 Å². The summed E-state index contributed by atoms with van der Waals surface area (Å²) in [6, 6.07) is 44.3. The monoisotopic (exact) mass is 566 g/mol. The standard InChI is InChI=1S/C35H26N4S2/c40-38-25-33(32-21-31(23-36-34(32)38)41-30-19-11-4-12-20-30)26-22-37-39(24-26)35(27-13-5-1-6-14-27,28-15-7-2-8-16-28)29-17-9-3-10-18-29/h1-25,40H. The SMILES string of the molecule is Sn1cc(-c2cnn(C(c3ccccc3)(c3ccccc3)c3ccccc3)c2)c2cc(Sc3ccccc3)cnc21. The van der Waals surface area contributed by atoms with Crippen LogP contribution in [0.5, 0.6) is 0 Å². The molecule has 0 bridgehead atoms. The highest BCUT2D eigenvalue weighted by Gasteiger charge is 2.39. The topological polar surface area (TPSA) is 35.6 Å². The van der Waals surface area contributed by atoms with E-state index in [1.807, 2.05) is 24.7 Å². The number of hydrogen-bond donors (Lipinski definition) is 1. The third-order valence-corrected chi connectivity index (χ3v) is 8.66. The number of thiol groups is 1. The van der Waals surface area contributed by atoms with Crippen molar-refractivity contribution >= 4 is 35.6 Å². The molecule has 41 heavy (non-hydrogen) atoms. The van der Waals surface area contributed by atoms with Gasteiger partial charge in [-0.1, -0.05) is 134 Å². The summed E-state index contributed by atoms with van der Waals surface area (Å²) < 4.78 is 3.89. The first-order valence-corrected chi connectivity index (χ1v) is 14.6. The molecule has 6 heteroatoms. The lowest BCUT2D eigenvalue weighted by Crippen LogP contribution is -2.38. The van der Waals surface area contributed by atoms with E-state index in [9.17, 15) is 0 Å². The molecule has 0 saturated carbocycles. The van der Waals surface area contributed by atoms with Crippen LogP contribution in [-0.2, 0) is 5.54 Å².